The molecule has 0 spiro atoms. The first-order valence-electron chi connectivity index (χ1n) is 2.91. The molecule has 0 aromatic carbocycles. The summed E-state index contributed by atoms with van der Waals surface area (Å²) in [6.45, 7) is 0. The molecule has 1 rings (SSSR count). The Morgan fingerprint density at radius 3 is 1.75 bits per heavy atom. The van der Waals surface area contributed by atoms with Gasteiger partial charge < -0.3 is 0 Å². The average molecular weight is 140 g/mol. The molecule has 1 nitrogen and oxygen atoms in total. The molecule has 0 saturated heterocycles. The summed E-state index contributed by atoms with van der Waals surface area (Å²) in [4.78, 5) is 10.5. The van der Waals surface area contributed by atoms with Crippen LogP contribution in [0, 0.1) is 0 Å². The second kappa shape index (κ2) is 4.78. The topological polar surface area (TPSA) is 17.1 Å². The van der Waals surface area contributed by atoms with Crippen molar-refractivity contribution in [1.29, 1.82) is 0 Å². The molecule has 1 saturated carbocycles. The van der Waals surface area contributed by atoms with Gasteiger partial charge >= 0.3 is 37.7 Å². The van der Waals surface area contributed by atoms with Crippen molar-refractivity contribution < 1.29 is 4.79 Å². The zero-order valence-electron chi connectivity index (χ0n) is 4.44. The van der Waals surface area contributed by atoms with Gasteiger partial charge in [-0.3, -0.25) is 4.79 Å². The van der Waals surface area contributed by atoms with Crippen molar-refractivity contribution >= 4 is 43.5 Å². The van der Waals surface area contributed by atoms with E-state index in [1.807, 2.05) is 0 Å². The molecule has 0 bridgehead atoms. The van der Waals surface area contributed by atoms with E-state index in [1.165, 1.54) is 6.42 Å². The van der Waals surface area contributed by atoms with Gasteiger partial charge in [0.1, 0.15) is 5.78 Å². The van der Waals surface area contributed by atoms with Gasteiger partial charge in [-0.15, -0.1) is 0 Å². The second-order valence-electron chi connectivity index (χ2n) is 2.10. The summed E-state index contributed by atoms with van der Waals surface area (Å²) in [5, 5.41) is 0. The molecule has 0 aromatic heterocycles. The average Bonchev–Trinajstić information content (AvgIpc) is 1.69. The van der Waals surface area contributed by atoms with Crippen molar-refractivity contribution in [2.24, 2.45) is 0 Å². The second-order valence-corrected chi connectivity index (χ2v) is 2.10. The van der Waals surface area contributed by atoms with Crippen molar-refractivity contribution in [1.82, 2.24) is 0 Å². The van der Waals surface area contributed by atoms with Crippen molar-refractivity contribution in [3.63, 3.8) is 0 Å². The minimum atomic E-state index is 0. The zero-order chi connectivity index (χ0) is 5.11. The molecule has 0 aliphatic heterocycles. The maximum absolute atomic E-state index is 10.5. The summed E-state index contributed by atoms with van der Waals surface area (Å²) in [7, 11) is 0. The third-order valence-corrected chi connectivity index (χ3v) is 1.41. The van der Waals surface area contributed by atoms with Gasteiger partial charge in [0.05, 0.1) is 0 Å². The van der Waals surface area contributed by atoms with Crippen LogP contribution in [0.25, 0.3) is 0 Å². The number of carbonyl (C=O) groups excluding carboxylic acids is 1. The molecule has 44 valence electrons. The number of hydrogen-bond donors (Lipinski definition) is 0. The van der Waals surface area contributed by atoms with E-state index in [9.17, 15) is 4.79 Å². The molecule has 2 heteroatoms. The summed E-state index contributed by atoms with van der Waals surface area (Å²) < 4.78 is 0. The molecule has 0 unspecified atom stereocenters. The van der Waals surface area contributed by atoms with Gasteiger partial charge in [0, 0.05) is 12.8 Å². The molecule has 0 aromatic rings. The molecule has 0 atom stereocenters. The monoisotopic (exact) mass is 140 g/mol. The Labute approximate surface area is 79.8 Å². The summed E-state index contributed by atoms with van der Waals surface area (Å²) in [5.74, 6) is 0.464. The Morgan fingerprint density at radius 2 is 1.50 bits per heavy atom. The molecule has 0 radical (unpaired) electrons. The molecule has 1 fully saturated rings. The summed E-state index contributed by atoms with van der Waals surface area (Å²) >= 11 is 0. The first-order valence-corrected chi connectivity index (χ1v) is 2.91. The molecule has 1 aliphatic carbocycles. The Bertz CT molecular complexity index is 72.6. The van der Waals surface area contributed by atoms with Gasteiger partial charge in [0.25, 0.3) is 0 Å². The molecule has 1 aliphatic rings. The number of Topliss-reactive ketones (excluding diaryl/α,β-unsaturated/α-hetero) is 1. The fraction of sp³-hybridized carbons (Fsp3) is 0.833. The van der Waals surface area contributed by atoms with Gasteiger partial charge in [0.2, 0.25) is 0 Å². The summed E-state index contributed by atoms with van der Waals surface area (Å²) in [6, 6.07) is 0. The van der Waals surface area contributed by atoms with Crippen molar-refractivity contribution in [3.05, 3.63) is 0 Å². The third kappa shape index (κ3) is 3.06. The van der Waals surface area contributed by atoms with Gasteiger partial charge in [-0.1, -0.05) is 6.42 Å². The third-order valence-electron chi connectivity index (χ3n) is 1.41. The Morgan fingerprint density at radius 1 is 1.00 bits per heavy atom. The van der Waals surface area contributed by atoms with Crippen LogP contribution < -0.4 is 0 Å². The molecular formula is C6H12CaO. The molecule has 0 amide bonds. The minimum absolute atomic E-state index is 0. The van der Waals surface area contributed by atoms with E-state index >= 15 is 0 Å². The van der Waals surface area contributed by atoms with Crippen LogP contribution in [-0.4, -0.2) is 43.5 Å². The van der Waals surface area contributed by atoms with Crippen LogP contribution in [0.3, 0.4) is 0 Å². The van der Waals surface area contributed by atoms with Crippen molar-refractivity contribution in [2.45, 2.75) is 32.1 Å². The van der Waals surface area contributed by atoms with Crippen LogP contribution in [0.5, 0.6) is 0 Å². The molecular weight excluding hydrogens is 128 g/mol. The van der Waals surface area contributed by atoms with E-state index in [4.69, 9.17) is 0 Å². The molecule has 0 N–H and O–H groups in total. The number of ketones is 1. The van der Waals surface area contributed by atoms with Crippen LogP contribution in [0.1, 0.15) is 32.1 Å². The van der Waals surface area contributed by atoms with Crippen LogP contribution >= 0.6 is 0 Å². The first-order chi connectivity index (χ1) is 3.39. The normalized spacial score (nSPS) is 19.8. The van der Waals surface area contributed by atoms with E-state index in [1.54, 1.807) is 0 Å². The quantitative estimate of drug-likeness (QED) is 0.450. The Hall–Kier alpha value is 0.930. The number of carbonyl (C=O) groups is 1. The number of hydrogen-bond acceptors (Lipinski definition) is 1. The van der Waals surface area contributed by atoms with Crippen LogP contribution in [0.4, 0.5) is 0 Å². The van der Waals surface area contributed by atoms with Gasteiger partial charge in [0.15, 0.2) is 0 Å². The van der Waals surface area contributed by atoms with E-state index < -0.39 is 0 Å². The first kappa shape index (κ1) is 8.93. The van der Waals surface area contributed by atoms with Crippen LogP contribution in [0.15, 0.2) is 0 Å². The predicted molar refractivity (Wildman–Crippen MR) is 36.6 cm³/mol. The van der Waals surface area contributed by atoms with E-state index in [2.05, 4.69) is 0 Å². The molecule has 0 heterocycles. The van der Waals surface area contributed by atoms with Gasteiger partial charge in [-0.2, -0.15) is 0 Å². The van der Waals surface area contributed by atoms with Gasteiger partial charge in [-0.05, 0) is 12.8 Å². The van der Waals surface area contributed by atoms with Crippen molar-refractivity contribution in [3.8, 4) is 0 Å². The van der Waals surface area contributed by atoms with Crippen LogP contribution in [-0.2, 0) is 4.79 Å². The Balaban J connectivity index is 0.000000490. The summed E-state index contributed by atoms with van der Waals surface area (Å²) in [5.41, 5.74) is 0. The Kier molecular flexibility index (Phi) is 5.33. The SMILES string of the molecule is O=C1CCCCC1.[CaH2]. The van der Waals surface area contributed by atoms with E-state index in [0.29, 0.717) is 5.78 Å². The van der Waals surface area contributed by atoms with E-state index in [-0.39, 0.29) is 37.7 Å². The predicted octanol–water partition coefficient (Wildman–Crippen LogP) is 0.603. The summed E-state index contributed by atoms with van der Waals surface area (Å²) in [6.07, 6.45) is 5.24. The van der Waals surface area contributed by atoms with Crippen LogP contribution in [0.2, 0.25) is 0 Å². The fourth-order valence-electron chi connectivity index (χ4n) is 0.946. The van der Waals surface area contributed by atoms with Gasteiger partial charge in [-0.25, -0.2) is 0 Å². The standard InChI is InChI=1S/C6H10O.Ca.2H/c7-6-4-2-1-3-5-6;;;/h1-5H2;;;. The van der Waals surface area contributed by atoms with E-state index in [0.717, 1.165) is 25.7 Å². The fourth-order valence-corrected chi connectivity index (χ4v) is 0.946. The molecule has 8 heavy (non-hydrogen) atoms. The zero-order valence-corrected chi connectivity index (χ0v) is 4.44. The van der Waals surface area contributed by atoms with Crippen molar-refractivity contribution in [2.75, 3.05) is 0 Å². The number of rotatable bonds is 0. The maximum atomic E-state index is 10.5.